The first-order chi connectivity index (χ1) is 12.1. The zero-order valence-corrected chi connectivity index (χ0v) is 14.8. The minimum absolute atomic E-state index is 0.0610. The van der Waals surface area contributed by atoms with Gasteiger partial charge < -0.3 is 5.11 Å². The first-order valence-corrected chi connectivity index (χ1v) is 8.03. The molecule has 8 nitrogen and oxygen atoms in total. The predicted octanol–water partition coefficient (Wildman–Crippen LogP) is 4.59. The van der Waals surface area contributed by atoms with Gasteiger partial charge in [0.15, 0.2) is 0 Å². The molecule has 2 rings (SSSR count). The summed E-state index contributed by atoms with van der Waals surface area (Å²) in [6.45, 7) is 1.49. The Balaban J connectivity index is 2.96. The Bertz CT molecular complexity index is 918. The molecule has 0 heterocycles. The van der Waals surface area contributed by atoms with Crippen molar-refractivity contribution >= 4 is 40.5 Å². The van der Waals surface area contributed by atoms with Gasteiger partial charge in [0.25, 0.3) is 11.4 Å². The molecule has 136 valence electrons. The van der Waals surface area contributed by atoms with Gasteiger partial charge in [-0.3, -0.25) is 25.0 Å². The molecule has 26 heavy (non-hydrogen) atoms. The molecule has 0 radical (unpaired) electrons. The summed E-state index contributed by atoms with van der Waals surface area (Å²) in [4.78, 5) is 33.4. The third-order valence-electron chi connectivity index (χ3n) is 4.13. The van der Waals surface area contributed by atoms with Crippen LogP contribution in [0.5, 0.6) is 0 Å². The molecular formula is C16H12Cl2N2O6. The third kappa shape index (κ3) is 3.21. The van der Waals surface area contributed by atoms with Crippen molar-refractivity contribution in [2.75, 3.05) is 0 Å². The molecule has 0 saturated carbocycles. The number of halogens is 2. The van der Waals surface area contributed by atoms with Crippen LogP contribution in [-0.2, 0) is 10.2 Å². The van der Waals surface area contributed by atoms with E-state index in [9.17, 15) is 30.1 Å². The average Bonchev–Trinajstić information content (AvgIpc) is 2.56. The second-order valence-corrected chi connectivity index (χ2v) is 6.25. The molecule has 0 saturated heterocycles. The number of aliphatic carboxylic acids is 1. The molecule has 0 aliphatic heterocycles. The summed E-state index contributed by atoms with van der Waals surface area (Å²) in [7, 11) is 0. The Morgan fingerprint density at radius 2 is 1.73 bits per heavy atom. The van der Waals surface area contributed by atoms with Crippen LogP contribution >= 0.6 is 23.2 Å². The molecule has 0 aromatic heterocycles. The minimum atomic E-state index is -1.99. The normalized spacial score (nSPS) is 13.0. The summed E-state index contributed by atoms with van der Waals surface area (Å²) in [6, 6.07) is 6.87. The van der Waals surface area contributed by atoms with Gasteiger partial charge in [-0.2, -0.15) is 0 Å². The Labute approximate surface area is 157 Å². The van der Waals surface area contributed by atoms with Crippen LogP contribution < -0.4 is 0 Å². The highest BCUT2D eigenvalue weighted by atomic mass is 35.5. The van der Waals surface area contributed by atoms with Crippen molar-refractivity contribution < 1.29 is 19.7 Å². The standard InChI is InChI=1S/C16H12Cl2N2O6/c1-2-16(15(21)22,11-8-10(19(23)24)4-5-13(11)18)12-7-9(17)3-6-14(12)20(25)26/h3-8H,2H2,1H3,(H,21,22). The van der Waals surface area contributed by atoms with Crippen LogP contribution in [0.25, 0.3) is 0 Å². The summed E-state index contributed by atoms with van der Waals surface area (Å²) >= 11 is 12.1. The fourth-order valence-electron chi connectivity index (χ4n) is 2.87. The molecule has 0 aliphatic rings. The van der Waals surface area contributed by atoms with Crippen molar-refractivity contribution in [1.82, 2.24) is 0 Å². The molecule has 1 atom stereocenters. The Morgan fingerprint density at radius 3 is 2.23 bits per heavy atom. The first-order valence-electron chi connectivity index (χ1n) is 7.27. The third-order valence-corrected chi connectivity index (χ3v) is 4.70. The molecule has 10 heteroatoms. The van der Waals surface area contributed by atoms with Gasteiger partial charge in [-0.05, 0) is 30.2 Å². The zero-order chi connectivity index (χ0) is 19.6. The highest BCUT2D eigenvalue weighted by Crippen LogP contribution is 2.45. The van der Waals surface area contributed by atoms with Crippen LogP contribution in [0.4, 0.5) is 11.4 Å². The van der Waals surface area contributed by atoms with Gasteiger partial charge in [-0.25, -0.2) is 0 Å². The second-order valence-electron chi connectivity index (χ2n) is 5.40. The maximum absolute atomic E-state index is 12.3. The van der Waals surface area contributed by atoms with E-state index in [1.807, 2.05) is 0 Å². The average molecular weight is 399 g/mol. The van der Waals surface area contributed by atoms with Gasteiger partial charge in [0.05, 0.1) is 15.4 Å². The molecule has 0 spiro atoms. The fraction of sp³-hybridized carbons (Fsp3) is 0.188. The minimum Gasteiger partial charge on any atom is -0.480 e. The van der Waals surface area contributed by atoms with E-state index < -0.39 is 26.9 Å². The molecular weight excluding hydrogens is 387 g/mol. The van der Waals surface area contributed by atoms with Gasteiger partial charge >= 0.3 is 5.97 Å². The molecule has 0 aliphatic carbocycles. The summed E-state index contributed by atoms with van der Waals surface area (Å²) in [5.41, 5.74) is -3.16. The van der Waals surface area contributed by atoms with Crippen LogP contribution in [0.3, 0.4) is 0 Å². The van der Waals surface area contributed by atoms with E-state index >= 15 is 0 Å². The number of carboxylic acid groups (broad SMARTS) is 1. The maximum atomic E-state index is 12.3. The number of hydrogen-bond donors (Lipinski definition) is 1. The Hall–Kier alpha value is -2.71. The van der Waals surface area contributed by atoms with Crippen molar-refractivity contribution in [3.63, 3.8) is 0 Å². The molecule has 2 aromatic carbocycles. The lowest BCUT2D eigenvalue weighted by molar-refractivity contribution is -0.386. The Kier molecular flexibility index (Phi) is 5.48. The van der Waals surface area contributed by atoms with Gasteiger partial charge in [0, 0.05) is 28.2 Å². The van der Waals surface area contributed by atoms with Gasteiger partial charge in [-0.1, -0.05) is 30.1 Å². The lowest BCUT2D eigenvalue weighted by Gasteiger charge is -2.29. The van der Waals surface area contributed by atoms with Gasteiger partial charge in [0.1, 0.15) is 5.41 Å². The van der Waals surface area contributed by atoms with E-state index in [4.69, 9.17) is 23.2 Å². The van der Waals surface area contributed by atoms with E-state index in [0.29, 0.717) is 0 Å². The summed E-state index contributed by atoms with van der Waals surface area (Å²) < 4.78 is 0. The van der Waals surface area contributed by atoms with E-state index in [1.54, 1.807) is 0 Å². The van der Waals surface area contributed by atoms with Crippen molar-refractivity contribution in [1.29, 1.82) is 0 Å². The van der Waals surface area contributed by atoms with Crippen molar-refractivity contribution in [3.8, 4) is 0 Å². The van der Waals surface area contributed by atoms with Crippen molar-refractivity contribution in [2.24, 2.45) is 0 Å². The lowest BCUT2D eigenvalue weighted by Crippen LogP contribution is -2.37. The SMILES string of the molecule is CCC(C(=O)O)(c1cc([N+](=O)[O-])ccc1Cl)c1cc(Cl)ccc1[N+](=O)[O-]. The molecule has 0 amide bonds. The largest absolute Gasteiger partial charge is 0.480 e. The number of carboxylic acids is 1. The van der Waals surface area contributed by atoms with E-state index in [2.05, 4.69) is 0 Å². The van der Waals surface area contributed by atoms with Crippen LogP contribution in [0.15, 0.2) is 36.4 Å². The zero-order valence-electron chi connectivity index (χ0n) is 13.3. The van der Waals surface area contributed by atoms with Crippen LogP contribution in [0.2, 0.25) is 10.0 Å². The number of rotatable bonds is 6. The van der Waals surface area contributed by atoms with Gasteiger partial charge in [0.2, 0.25) is 0 Å². The quantitative estimate of drug-likeness (QED) is 0.560. The Morgan fingerprint density at radius 1 is 1.08 bits per heavy atom. The first kappa shape index (κ1) is 19.6. The van der Waals surface area contributed by atoms with E-state index in [-0.39, 0.29) is 33.3 Å². The maximum Gasteiger partial charge on any atom is 0.318 e. The second kappa shape index (κ2) is 7.27. The fourth-order valence-corrected chi connectivity index (χ4v) is 3.32. The van der Waals surface area contributed by atoms with Gasteiger partial charge in [-0.15, -0.1) is 0 Å². The number of carbonyl (C=O) groups is 1. The number of hydrogen-bond acceptors (Lipinski definition) is 5. The molecule has 0 fully saturated rings. The number of nitro groups is 2. The molecule has 1 N–H and O–H groups in total. The summed E-state index contributed by atoms with van der Waals surface area (Å²) in [5, 5.41) is 32.6. The van der Waals surface area contributed by atoms with Crippen LogP contribution in [-0.4, -0.2) is 20.9 Å². The number of nitro benzene ring substituents is 2. The highest BCUT2D eigenvalue weighted by molar-refractivity contribution is 6.32. The number of nitrogens with zero attached hydrogens (tertiary/aromatic N) is 2. The van der Waals surface area contributed by atoms with Crippen LogP contribution in [0, 0.1) is 20.2 Å². The smallest absolute Gasteiger partial charge is 0.318 e. The van der Waals surface area contributed by atoms with E-state index in [0.717, 1.165) is 18.2 Å². The summed E-state index contributed by atoms with van der Waals surface area (Å²) in [6.07, 6.45) is -0.148. The van der Waals surface area contributed by atoms with Crippen molar-refractivity contribution in [3.05, 3.63) is 77.8 Å². The topological polar surface area (TPSA) is 124 Å². The van der Waals surface area contributed by atoms with Crippen molar-refractivity contribution in [2.45, 2.75) is 18.8 Å². The molecule has 0 bridgehead atoms. The molecule has 1 unspecified atom stereocenters. The lowest BCUT2D eigenvalue weighted by atomic mass is 9.71. The number of non-ortho nitro benzene ring substituents is 1. The predicted molar refractivity (Wildman–Crippen MR) is 94.9 cm³/mol. The molecule has 2 aromatic rings. The van der Waals surface area contributed by atoms with E-state index in [1.165, 1.54) is 25.1 Å². The monoisotopic (exact) mass is 398 g/mol. The number of benzene rings is 2. The van der Waals surface area contributed by atoms with Crippen LogP contribution in [0.1, 0.15) is 24.5 Å². The highest BCUT2D eigenvalue weighted by Gasteiger charge is 2.47. The summed E-state index contributed by atoms with van der Waals surface area (Å²) in [5.74, 6) is -1.44.